The number of carbonyl (C=O) groups is 1. The SMILES string of the molecule is CCOC(=O)NC(CNS(=O)(=O)c1ccc(Cl)c(C#N)c1)CC(C)C. The predicted octanol–water partition coefficient (Wildman–Crippen LogP) is 2.65. The number of sulfonamides is 1. The van der Waals surface area contributed by atoms with Crippen LogP contribution in [0.5, 0.6) is 0 Å². The van der Waals surface area contributed by atoms with Crippen LogP contribution in [0, 0.1) is 17.2 Å². The molecule has 0 spiro atoms. The van der Waals surface area contributed by atoms with E-state index in [0.717, 1.165) is 0 Å². The molecule has 2 N–H and O–H groups in total. The average Bonchev–Trinajstić information content (AvgIpc) is 2.52. The molecule has 1 aromatic carbocycles. The summed E-state index contributed by atoms with van der Waals surface area (Å²) < 4.78 is 32.1. The van der Waals surface area contributed by atoms with E-state index in [9.17, 15) is 13.2 Å². The summed E-state index contributed by atoms with van der Waals surface area (Å²) in [4.78, 5) is 11.5. The number of amides is 1. The molecule has 1 amide bonds. The fourth-order valence-corrected chi connectivity index (χ4v) is 3.42. The summed E-state index contributed by atoms with van der Waals surface area (Å²) in [6, 6.07) is 5.31. The van der Waals surface area contributed by atoms with Gasteiger partial charge in [0.25, 0.3) is 0 Å². The molecule has 0 aliphatic carbocycles. The van der Waals surface area contributed by atoms with Gasteiger partial charge < -0.3 is 10.1 Å². The first-order chi connectivity index (χ1) is 11.7. The molecule has 1 unspecified atom stereocenters. The average molecular weight is 388 g/mol. The van der Waals surface area contributed by atoms with E-state index in [-0.39, 0.29) is 34.6 Å². The molecular formula is C16H22ClN3O4S. The molecule has 0 saturated heterocycles. The number of benzene rings is 1. The number of nitrogens with zero attached hydrogens (tertiary/aromatic N) is 1. The van der Waals surface area contributed by atoms with Gasteiger partial charge in [-0.2, -0.15) is 5.26 Å². The Morgan fingerprint density at radius 3 is 2.64 bits per heavy atom. The van der Waals surface area contributed by atoms with Gasteiger partial charge in [-0.1, -0.05) is 25.4 Å². The van der Waals surface area contributed by atoms with Crippen molar-refractivity contribution in [1.29, 1.82) is 5.26 Å². The fourth-order valence-electron chi connectivity index (χ4n) is 2.15. The molecule has 1 aromatic rings. The van der Waals surface area contributed by atoms with Gasteiger partial charge in [0.15, 0.2) is 0 Å². The molecular weight excluding hydrogens is 366 g/mol. The number of hydrogen-bond donors (Lipinski definition) is 2. The Morgan fingerprint density at radius 2 is 2.08 bits per heavy atom. The van der Waals surface area contributed by atoms with Crippen LogP contribution in [0.2, 0.25) is 5.02 Å². The minimum Gasteiger partial charge on any atom is -0.450 e. The third kappa shape index (κ3) is 6.90. The quantitative estimate of drug-likeness (QED) is 0.712. The maximum Gasteiger partial charge on any atom is 0.407 e. The van der Waals surface area contributed by atoms with Crippen molar-refractivity contribution in [1.82, 2.24) is 10.0 Å². The Morgan fingerprint density at radius 1 is 1.40 bits per heavy atom. The van der Waals surface area contributed by atoms with Gasteiger partial charge in [0.05, 0.1) is 22.1 Å². The van der Waals surface area contributed by atoms with Crippen LogP contribution in [0.4, 0.5) is 4.79 Å². The number of nitriles is 1. The van der Waals surface area contributed by atoms with Crippen LogP contribution in [0.15, 0.2) is 23.1 Å². The molecule has 1 atom stereocenters. The van der Waals surface area contributed by atoms with Gasteiger partial charge in [0.2, 0.25) is 10.0 Å². The number of alkyl carbamates (subject to hydrolysis) is 1. The molecule has 1 rings (SSSR count). The van der Waals surface area contributed by atoms with Gasteiger partial charge in [0.1, 0.15) is 6.07 Å². The Balaban J connectivity index is 2.86. The molecule has 0 aliphatic heterocycles. The monoisotopic (exact) mass is 387 g/mol. The third-order valence-corrected chi connectivity index (χ3v) is 4.99. The lowest BCUT2D eigenvalue weighted by Crippen LogP contribution is -2.44. The first kappa shape index (κ1) is 21.2. The number of hydrogen-bond acceptors (Lipinski definition) is 5. The zero-order valence-electron chi connectivity index (χ0n) is 14.4. The lowest BCUT2D eigenvalue weighted by atomic mass is 10.0. The summed E-state index contributed by atoms with van der Waals surface area (Å²) >= 11 is 5.82. The Labute approximate surface area is 153 Å². The second kappa shape index (κ2) is 9.61. The van der Waals surface area contributed by atoms with Gasteiger partial charge in [-0.05, 0) is 37.5 Å². The molecule has 0 fully saturated rings. The second-order valence-corrected chi connectivity index (χ2v) is 7.97. The minimum atomic E-state index is -3.84. The molecule has 0 heterocycles. The Hall–Kier alpha value is -1.82. The zero-order valence-corrected chi connectivity index (χ0v) is 15.9. The molecule has 25 heavy (non-hydrogen) atoms. The van der Waals surface area contributed by atoms with Crippen molar-refractivity contribution in [2.75, 3.05) is 13.2 Å². The van der Waals surface area contributed by atoms with E-state index < -0.39 is 22.2 Å². The van der Waals surface area contributed by atoms with Gasteiger partial charge in [0, 0.05) is 12.6 Å². The number of carbonyl (C=O) groups excluding carboxylic acids is 1. The van der Waals surface area contributed by atoms with Crippen LogP contribution >= 0.6 is 11.6 Å². The predicted molar refractivity (Wildman–Crippen MR) is 94.8 cm³/mol. The van der Waals surface area contributed by atoms with Gasteiger partial charge in [-0.3, -0.25) is 0 Å². The summed E-state index contributed by atoms with van der Waals surface area (Å²) in [6.45, 7) is 5.85. The summed E-state index contributed by atoms with van der Waals surface area (Å²) in [6.07, 6.45) is -0.0172. The van der Waals surface area contributed by atoms with Crippen LogP contribution in [0.3, 0.4) is 0 Å². The Bertz CT molecular complexity index is 744. The van der Waals surface area contributed by atoms with Gasteiger partial charge >= 0.3 is 6.09 Å². The van der Waals surface area contributed by atoms with E-state index in [2.05, 4.69) is 10.0 Å². The molecule has 0 bridgehead atoms. The molecule has 7 nitrogen and oxygen atoms in total. The lowest BCUT2D eigenvalue weighted by Gasteiger charge is -2.20. The molecule has 0 aliphatic rings. The molecule has 9 heteroatoms. The van der Waals surface area contributed by atoms with Crippen molar-refractivity contribution in [3.8, 4) is 6.07 Å². The van der Waals surface area contributed by atoms with Crippen molar-refractivity contribution < 1.29 is 17.9 Å². The highest BCUT2D eigenvalue weighted by molar-refractivity contribution is 7.89. The molecule has 0 radical (unpaired) electrons. The van der Waals surface area contributed by atoms with E-state index in [0.29, 0.717) is 6.42 Å². The Kier molecular flexibility index (Phi) is 8.16. The van der Waals surface area contributed by atoms with Crippen LogP contribution in [0.1, 0.15) is 32.8 Å². The number of rotatable bonds is 8. The first-order valence-electron chi connectivity index (χ1n) is 7.82. The standard InChI is InChI=1S/C16H22ClN3O4S/c1-4-24-16(21)20-13(7-11(2)3)10-19-25(22,23)14-5-6-15(17)12(8-14)9-18/h5-6,8,11,13,19H,4,7,10H2,1-3H3,(H,20,21). The molecule has 0 aromatic heterocycles. The van der Waals surface area contributed by atoms with Crippen molar-refractivity contribution >= 4 is 27.7 Å². The first-order valence-corrected chi connectivity index (χ1v) is 9.68. The number of halogens is 1. The summed E-state index contributed by atoms with van der Waals surface area (Å²) in [5.41, 5.74) is 0.0768. The van der Waals surface area contributed by atoms with E-state index in [4.69, 9.17) is 21.6 Å². The van der Waals surface area contributed by atoms with Gasteiger partial charge in [-0.25, -0.2) is 17.9 Å². The van der Waals surface area contributed by atoms with Crippen LogP contribution in [0.25, 0.3) is 0 Å². The number of nitrogens with one attached hydrogen (secondary N) is 2. The third-order valence-electron chi connectivity index (χ3n) is 3.24. The topological polar surface area (TPSA) is 108 Å². The van der Waals surface area contributed by atoms with E-state index in [1.165, 1.54) is 18.2 Å². The van der Waals surface area contributed by atoms with Crippen LogP contribution < -0.4 is 10.0 Å². The normalized spacial score (nSPS) is 12.5. The molecule has 138 valence electrons. The van der Waals surface area contributed by atoms with E-state index in [1.807, 2.05) is 19.9 Å². The summed E-state index contributed by atoms with van der Waals surface area (Å²) in [7, 11) is -3.84. The smallest absolute Gasteiger partial charge is 0.407 e. The van der Waals surface area contributed by atoms with Crippen LogP contribution in [-0.2, 0) is 14.8 Å². The largest absolute Gasteiger partial charge is 0.450 e. The van der Waals surface area contributed by atoms with Crippen molar-refractivity contribution in [2.24, 2.45) is 5.92 Å². The fraction of sp³-hybridized carbons (Fsp3) is 0.500. The van der Waals surface area contributed by atoms with E-state index in [1.54, 1.807) is 6.92 Å². The second-order valence-electron chi connectivity index (χ2n) is 5.80. The summed E-state index contributed by atoms with van der Waals surface area (Å²) in [5.74, 6) is 0.247. The maximum absolute atomic E-state index is 12.4. The van der Waals surface area contributed by atoms with Crippen molar-refractivity contribution in [3.63, 3.8) is 0 Å². The van der Waals surface area contributed by atoms with Gasteiger partial charge in [-0.15, -0.1) is 0 Å². The highest BCUT2D eigenvalue weighted by Crippen LogP contribution is 2.19. The summed E-state index contributed by atoms with van der Waals surface area (Å²) in [5, 5.41) is 11.8. The van der Waals surface area contributed by atoms with Crippen LogP contribution in [-0.4, -0.2) is 33.7 Å². The van der Waals surface area contributed by atoms with E-state index >= 15 is 0 Å². The van der Waals surface area contributed by atoms with Crippen molar-refractivity contribution in [2.45, 2.75) is 38.1 Å². The maximum atomic E-state index is 12.4. The minimum absolute atomic E-state index is 0.00381. The number of ether oxygens (including phenoxy) is 1. The highest BCUT2D eigenvalue weighted by atomic mass is 35.5. The zero-order chi connectivity index (χ0) is 19.0. The molecule has 0 saturated carbocycles. The highest BCUT2D eigenvalue weighted by Gasteiger charge is 2.20. The van der Waals surface area contributed by atoms with Crippen molar-refractivity contribution in [3.05, 3.63) is 28.8 Å². The lowest BCUT2D eigenvalue weighted by molar-refractivity contribution is 0.146.